The molecule has 172 valence electrons. The highest BCUT2D eigenvalue weighted by atomic mass is 35.5. The number of hydrogen-bond acceptors (Lipinski definition) is 6. The van der Waals surface area contributed by atoms with E-state index in [1.807, 2.05) is 32.9 Å². The van der Waals surface area contributed by atoms with E-state index in [1.165, 1.54) is 4.90 Å². The SMILES string of the molecule is CC(C)(C)OC(=O)N1CCN(CC=CCN2C(=O)SC(=Cc3ccc(Cl)cc3)C2=O)CC1. The first kappa shape index (κ1) is 24.4. The second kappa shape index (κ2) is 10.6. The van der Waals surface area contributed by atoms with Crippen LogP contribution in [0.3, 0.4) is 0 Å². The lowest BCUT2D eigenvalue weighted by Gasteiger charge is -2.35. The van der Waals surface area contributed by atoms with Crippen LogP contribution in [-0.2, 0) is 9.53 Å². The Balaban J connectivity index is 1.44. The Morgan fingerprint density at radius 1 is 1.06 bits per heavy atom. The van der Waals surface area contributed by atoms with Gasteiger partial charge in [-0.05, 0) is 56.3 Å². The van der Waals surface area contributed by atoms with Crippen molar-refractivity contribution in [1.82, 2.24) is 14.7 Å². The van der Waals surface area contributed by atoms with Crippen molar-refractivity contribution in [2.75, 3.05) is 39.3 Å². The molecule has 0 aromatic heterocycles. The fourth-order valence-electron chi connectivity index (χ4n) is 3.21. The molecule has 0 bridgehead atoms. The standard InChI is InChI=1S/C23H28ClN3O4S/c1-23(2,3)31-21(29)26-14-12-25(13-15-26)10-4-5-11-27-20(28)19(32-22(27)30)16-17-6-8-18(24)9-7-17/h4-9,16H,10-15H2,1-3H3. The fourth-order valence-corrected chi connectivity index (χ4v) is 4.19. The molecule has 9 heteroatoms. The lowest BCUT2D eigenvalue weighted by atomic mass is 10.2. The van der Waals surface area contributed by atoms with E-state index >= 15 is 0 Å². The second-order valence-corrected chi connectivity index (χ2v) is 10.0. The number of imide groups is 1. The molecule has 2 aliphatic rings. The van der Waals surface area contributed by atoms with Gasteiger partial charge in [0.15, 0.2) is 0 Å². The lowest BCUT2D eigenvalue weighted by Crippen LogP contribution is -2.49. The van der Waals surface area contributed by atoms with Gasteiger partial charge in [-0.25, -0.2) is 4.79 Å². The van der Waals surface area contributed by atoms with Crippen molar-refractivity contribution in [2.24, 2.45) is 0 Å². The summed E-state index contributed by atoms with van der Waals surface area (Å²) in [6.07, 6.45) is 5.21. The van der Waals surface area contributed by atoms with E-state index in [4.69, 9.17) is 16.3 Å². The van der Waals surface area contributed by atoms with Gasteiger partial charge in [0.25, 0.3) is 11.1 Å². The van der Waals surface area contributed by atoms with Gasteiger partial charge in [0.1, 0.15) is 5.60 Å². The van der Waals surface area contributed by atoms with Crippen molar-refractivity contribution in [3.05, 3.63) is 51.9 Å². The molecule has 3 rings (SSSR count). The van der Waals surface area contributed by atoms with Gasteiger partial charge in [-0.15, -0.1) is 0 Å². The average molecular weight is 478 g/mol. The first-order valence-corrected chi connectivity index (χ1v) is 11.7. The van der Waals surface area contributed by atoms with Crippen molar-refractivity contribution in [2.45, 2.75) is 26.4 Å². The van der Waals surface area contributed by atoms with Crippen LogP contribution < -0.4 is 0 Å². The Hall–Kier alpha value is -2.29. The van der Waals surface area contributed by atoms with Crippen molar-refractivity contribution >= 4 is 46.7 Å². The monoisotopic (exact) mass is 477 g/mol. The van der Waals surface area contributed by atoms with Crippen molar-refractivity contribution in [1.29, 1.82) is 0 Å². The maximum atomic E-state index is 12.6. The number of ether oxygens (including phenoxy) is 1. The summed E-state index contributed by atoms with van der Waals surface area (Å²) in [5, 5.41) is 0.345. The highest BCUT2D eigenvalue weighted by Gasteiger charge is 2.34. The van der Waals surface area contributed by atoms with Crippen LogP contribution in [0.1, 0.15) is 26.3 Å². The summed E-state index contributed by atoms with van der Waals surface area (Å²) in [6.45, 7) is 9.22. The average Bonchev–Trinajstić information content (AvgIpc) is 2.99. The zero-order valence-corrected chi connectivity index (χ0v) is 20.1. The largest absolute Gasteiger partial charge is 0.444 e. The number of thioether (sulfide) groups is 1. The van der Waals surface area contributed by atoms with Gasteiger partial charge in [0, 0.05) is 44.3 Å². The first-order valence-electron chi connectivity index (χ1n) is 10.5. The minimum absolute atomic E-state index is 0.237. The van der Waals surface area contributed by atoms with Crippen LogP contribution >= 0.6 is 23.4 Å². The zero-order valence-electron chi connectivity index (χ0n) is 18.5. The number of rotatable bonds is 5. The third-order valence-corrected chi connectivity index (χ3v) is 6.04. The van der Waals surface area contributed by atoms with Gasteiger partial charge >= 0.3 is 6.09 Å². The number of nitrogens with zero attached hydrogens (tertiary/aromatic N) is 3. The van der Waals surface area contributed by atoms with Gasteiger partial charge < -0.3 is 9.64 Å². The van der Waals surface area contributed by atoms with Crippen molar-refractivity contribution in [3.63, 3.8) is 0 Å². The molecule has 0 atom stereocenters. The molecular weight excluding hydrogens is 450 g/mol. The molecule has 32 heavy (non-hydrogen) atoms. The van der Waals surface area contributed by atoms with Gasteiger partial charge in [0.05, 0.1) is 4.91 Å². The Bertz CT molecular complexity index is 916. The first-order chi connectivity index (χ1) is 15.1. The number of halogens is 1. The Kier molecular flexibility index (Phi) is 8.03. The van der Waals surface area contributed by atoms with Gasteiger partial charge in [-0.1, -0.05) is 35.9 Å². The molecule has 0 unspecified atom stereocenters. The van der Waals surface area contributed by atoms with Crippen molar-refractivity contribution in [3.8, 4) is 0 Å². The predicted octanol–water partition coefficient (Wildman–Crippen LogP) is 4.49. The number of hydrogen-bond donors (Lipinski definition) is 0. The second-order valence-electron chi connectivity index (χ2n) is 8.58. The van der Waals surface area contributed by atoms with Crippen LogP contribution in [0.5, 0.6) is 0 Å². The van der Waals surface area contributed by atoms with Gasteiger partial charge in [-0.2, -0.15) is 0 Å². The summed E-state index contributed by atoms with van der Waals surface area (Å²) in [5.74, 6) is -0.287. The molecule has 2 saturated heterocycles. The minimum atomic E-state index is -0.496. The van der Waals surface area contributed by atoms with Crippen molar-refractivity contribution < 1.29 is 19.1 Å². The summed E-state index contributed by atoms with van der Waals surface area (Å²) >= 11 is 6.83. The third-order valence-electron chi connectivity index (χ3n) is 4.88. The molecule has 3 amide bonds. The Labute approximate surface area is 198 Å². The number of carbonyl (C=O) groups excluding carboxylic acids is 3. The van der Waals surface area contributed by atoms with Crippen LogP contribution in [0.2, 0.25) is 5.02 Å². The molecule has 2 fully saturated rings. The normalized spacial score (nSPS) is 19.4. The van der Waals surface area contributed by atoms with Crippen LogP contribution in [0, 0.1) is 0 Å². The topological polar surface area (TPSA) is 70.2 Å². The quantitative estimate of drug-likeness (QED) is 0.460. The van der Waals surface area contributed by atoms with E-state index in [0.717, 1.165) is 30.4 Å². The predicted molar refractivity (Wildman–Crippen MR) is 128 cm³/mol. The third kappa shape index (κ3) is 6.85. The maximum Gasteiger partial charge on any atom is 0.410 e. The zero-order chi connectivity index (χ0) is 23.3. The number of piperazine rings is 1. The molecule has 2 heterocycles. The molecule has 0 spiro atoms. The fraction of sp³-hybridized carbons (Fsp3) is 0.435. The van der Waals surface area contributed by atoms with Gasteiger partial charge in [0.2, 0.25) is 0 Å². The maximum absolute atomic E-state index is 12.6. The summed E-state index contributed by atoms with van der Waals surface area (Å²) in [4.78, 5) is 42.5. The summed E-state index contributed by atoms with van der Waals surface area (Å²) < 4.78 is 5.41. The molecule has 0 radical (unpaired) electrons. The number of carbonyl (C=O) groups is 3. The summed E-state index contributed by atoms with van der Waals surface area (Å²) in [7, 11) is 0. The van der Waals surface area contributed by atoms with Crippen LogP contribution in [0.4, 0.5) is 9.59 Å². The molecule has 2 aliphatic heterocycles. The molecule has 1 aromatic carbocycles. The van der Waals surface area contributed by atoms with E-state index < -0.39 is 5.60 Å². The molecule has 0 saturated carbocycles. The molecule has 1 aromatic rings. The van der Waals surface area contributed by atoms with Crippen LogP contribution in [-0.4, -0.2) is 76.8 Å². The van der Waals surface area contributed by atoms with E-state index in [-0.39, 0.29) is 23.8 Å². The molecule has 7 nitrogen and oxygen atoms in total. The smallest absolute Gasteiger partial charge is 0.410 e. The highest BCUT2D eigenvalue weighted by molar-refractivity contribution is 8.18. The summed E-state index contributed by atoms with van der Waals surface area (Å²) in [6, 6.07) is 7.10. The molecule has 0 N–H and O–H groups in total. The lowest BCUT2D eigenvalue weighted by molar-refractivity contribution is -0.122. The van der Waals surface area contributed by atoms with Crippen LogP contribution in [0.15, 0.2) is 41.3 Å². The van der Waals surface area contributed by atoms with E-state index in [9.17, 15) is 14.4 Å². The number of benzene rings is 1. The molecular formula is C23H28ClN3O4S. The number of amides is 3. The van der Waals surface area contributed by atoms with Gasteiger partial charge in [-0.3, -0.25) is 19.4 Å². The molecule has 0 aliphatic carbocycles. The summed E-state index contributed by atoms with van der Waals surface area (Å²) in [5.41, 5.74) is 0.324. The Morgan fingerprint density at radius 3 is 2.31 bits per heavy atom. The van der Waals surface area contributed by atoms with E-state index in [2.05, 4.69) is 4.90 Å². The van der Waals surface area contributed by atoms with Crippen LogP contribution in [0.25, 0.3) is 6.08 Å². The van der Waals surface area contributed by atoms with E-state index in [1.54, 1.807) is 35.2 Å². The minimum Gasteiger partial charge on any atom is -0.444 e. The van der Waals surface area contributed by atoms with E-state index in [0.29, 0.717) is 29.6 Å². The highest BCUT2D eigenvalue weighted by Crippen LogP contribution is 2.32. The Morgan fingerprint density at radius 2 is 1.69 bits per heavy atom.